The lowest BCUT2D eigenvalue weighted by Crippen LogP contribution is -2.34. The van der Waals surface area contributed by atoms with Gasteiger partial charge in [0.15, 0.2) is 0 Å². The van der Waals surface area contributed by atoms with Crippen molar-refractivity contribution in [2.45, 2.75) is 25.7 Å². The van der Waals surface area contributed by atoms with E-state index in [-0.39, 0.29) is 34.6 Å². The molecule has 3 heterocycles. The lowest BCUT2D eigenvalue weighted by molar-refractivity contribution is -0.137. The third kappa shape index (κ3) is 6.44. The minimum atomic E-state index is -4.55. The van der Waals surface area contributed by atoms with Gasteiger partial charge in [0.1, 0.15) is 11.0 Å². The highest BCUT2D eigenvalue weighted by Gasteiger charge is 2.33. The molecule has 12 heteroatoms. The zero-order valence-electron chi connectivity index (χ0n) is 20.8. The van der Waals surface area contributed by atoms with Crippen LogP contribution in [0.2, 0.25) is 10.2 Å². The molecule has 2 aromatic carbocycles. The number of hydrogen-bond acceptors (Lipinski definition) is 3. The quantitative estimate of drug-likeness (QED) is 0.185. The van der Waals surface area contributed by atoms with E-state index in [1.54, 1.807) is 18.2 Å². The number of aromatic nitrogens is 2. The molecule has 0 spiro atoms. The van der Waals surface area contributed by atoms with Gasteiger partial charge in [0.25, 0.3) is 0 Å². The van der Waals surface area contributed by atoms with E-state index in [2.05, 4.69) is 15.2 Å². The van der Waals surface area contributed by atoms with E-state index in [4.69, 9.17) is 23.2 Å². The van der Waals surface area contributed by atoms with Crippen molar-refractivity contribution in [2.75, 3.05) is 13.1 Å². The van der Waals surface area contributed by atoms with Crippen molar-refractivity contribution < 1.29 is 22.4 Å². The predicted molar refractivity (Wildman–Crippen MR) is 150 cm³/mol. The summed E-state index contributed by atoms with van der Waals surface area (Å²) in [5.74, 6) is -0.490. The lowest BCUT2D eigenvalue weighted by Gasteiger charge is -2.27. The summed E-state index contributed by atoms with van der Waals surface area (Å²) in [6, 6.07) is 10.7. The molecule has 0 saturated heterocycles. The molecule has 1 N–H and O–H groups in total. The first-order valence-electron chi connectivity index (χ1n) is 12.1. The maximum Gasteiger partial charge on any atom is 0.416 e. The van der Waals surface area contributed by atoms with Crippen LogP contribution in [0.1, 0.15) is 27.9 Å². The molecule has 2 aromatic heterocycles. The summed E-state index contributed by atoms with van der Waals surface area (Å²) in [6.45, 7) is 1.73. The highest BCUT2D eigenvalue weighted by Crippen LogP contribution is 2.36. The highest BCUT2D eigenvalue weighted by atomic mass is 35.5. The number of halogens is 7. The summed E-state index contributed by atoms with van der Waals surface area (Å²) in [7, 11) is 0. The number of amides is 1. The molecule has 5 rings (SSSR count). The molecular weight excluding hydrogens is 591 g/mol. The van der Waals surface area contributed by atoms with E-state index in [1.807, 2.05) is 12.2 Å². The smallest absolute Gasteiger partial charge is 0.333 e. The molecule has 1 aliphatic rings. The number of rotatable bonds is 5. The molecule has 0 radical (unpaired) electrons. The average molecular weight is 614 g/mol. The van der Waals surface area contributed by atoms with Gasteiger partial charge in [-0.2, -0.15) is 13.2 Å². The van der Waals surface area contributed by atoms with Gasteiger partial charge in [-0.15, -0.1) is 12.4 Å². The highest BCUT2D eigenvalue weighted by molar-refractivity contribution is 6.30. The fourth-order valence-electron chi connectivity index (χ4n) is 4.74. The zero-order valence-corrected chi connectivity index (χ0v) is 23.1. The van der Waals surface area contributed by atoms with Crippen LogP contribution in [-0.4, -0.2) is 33.6 Å². The number of pyridine rings is 1. The number of hydrogen-bond donors (Lipinski definition) is 1. The van der Waals surface area contributed by atoms with Crippen LogP contribution in [0.15, 0.2) is 60.8 Å². The fourth-order valence-corrected chi connectivity index (χ4v) is 5.13. The maximum atomic E-state index is 13.6. The summed E-state index contributed by atoms with van der Waals surface area (Å²) in [5.41, 5.74) is 2.34. The van der Waals surface area contributed by atoms with Crippen LogP contribution in [0, 0.1) is 5.82 Å². The Kier molecular flexibility index (Phi) is 9.09. The Morgan fingerprint density at radius 3 is 2.62 bits per heavy atom. The molecule has 210 valence electrons. The van der Waals surface area contributed by atoms with E-state index in [0.29, 0.717) is 42.7 Å². The van der Waals surface area contributed by atoms with Crippen molar-refractivity contribution in [3.05, 3.63) is 105 Å². The summed E-state index contributed by atoms with van der Waals surface area (Å²) >= 11 is 11.8. The largest absolute Gasteiger partial charge is 0.416 e. The van der Waals surface area contributed by atoms with Crippen molar-refractivity contribution in [3.63, 3.8) is 0 Å². The van der Waals surface area contributed by atoms with Crippen molar-refractivity contribution in [1.82, 2.24) is 19.8 Å². The molecule has 0 atom stereocenters. The number of nitrogens with one attached hydrogen (secondary N) is 1. The third-order valence-corrected chi connectivity index (χ3v) is 7.11. The van der Waals surface area contributed by atoms with Crippen LogP contribution in [0.5, 0.6) is 0 Å². The standard InChI is InChI=1S/C28H22Cl2F4N4O.ClH/c29-22-12-17(3-6-23(22)31)2-1-10-37-11-8-24-21(16-37)20-5-4-19(28(32,33)34)14-25(20)38(24)27(39)36-15-18-7-9-35-26(30)13-18;/h1-7,9,12-14H,8,10-11,15-16H2,(H,36,39);1H/b2-1+;. The van der Waals surface area contributed by atoms with Crippen LogP contribution in [0.4, 0.5) is 22.4 Å². The van der Waals surface area contributed by atoms with Crippen LogP contribution >= 0.6 is 35.6 Å². The predicted octanol–water partition coefficient (Wildman–Crippen LogP) is 7.75. The summed E-state index contributed by atoms with van der Waals surface area (Å²) in [4.78, 5) is 19.4. The Bertz CT molecular complexity index is 1590. The van der Waals surface area contributed by atoms with E-state index in [0.717, 1.165) is 23.3 Å². The number of carbonyl (C=O) groups is 1. The van der Waals surface area contributed by atoms with Gasteiger partial charge in [-0.1, -0.05) is 47.5 Å². The van der Waals surface area contributed by atoms with Gasteiger partial charge < -0.3 is 5.32 Å². The Hall–Kier alpha value is -3.11. The van der Waals surface area contributed by atoms with Gasteiger partial charge >= 0.3 is 12.2 Å². The average Bonchev–Trinajstić information content (AvgIpc) is 3.22. The molecule has 1 amide bonds. The van der Waals surface area contributed by atoms with E-state index < -0.39 is 23.6 Å². The monoisotopic (exact) mass is 612 g/mol. The number of benzene rings is 2. The molecule has 1 aliphatic heterocycles. The molecule has 4 aromatic rings. The normalized spacial score (nSPS) is 13.8. The first-order chi connectivity index (χ1) is 18.6. The van der Waals surface area contributed by atoms with Crippen molar-refractivity contribution in [2.24, 2.45) is 0 Å². The number of nitrogens with zero attached hydrogens (tertiary/aromatic N) is 3. The van der Waals surface area contributed by atoms with Gasteiger partial charge in [-0.05, 0) is 53.1 Å². The van der Waals surface area contributed by atoms with Crippen LogP contribution < -0.4 is 5.32 Å². The number of alkyl halides is 3. The van der Waals surface area contributed by atoms with Crippen LogP contribution in [0.3, 0.4) is 0 Å². The maximum absolute atomic E-state index is 13.6. The van der Waals surface area contributed by atoms with Gasteiger partial charge in [0, 0.05) is 49.9 Å². The van der Waals surface area contributed by atoms with Crippen molar-refractivity contribution in [3.8, 4) is 0 Å². The molecule has 5 nitrogen and oxygen atoms in total. The Labute approximate surface area is 243 Å². The molecule has 0 fully saturated rings. The Balaban J connectivity index is 0.00000370. The van der Waals surface area contributed by atoms with E-state index >= 15 is 0 Å². The zero-order chi connectivity index (χ0) is 27.7. The minimum absolute atomic E-state index is 0. The molecule has 40 heavy (non-hydrogen) atoms. The molecule has 0 bridgehead atoms. The van der Waals surface area contributed by atoms with E-state index in [9.17, 15) is 22.4 Å². The van der Waals surface area contributed by atoms with E-state index in [1.165, 1.54) is 29.0 Å². The molecule has 0 saturated carbocycles. The summed E-state index contributed by atoms with van der Waals surface area (Å²) in [5, 5.41) is 3.70. The first-order valence-corrected chi connectivity index (χ1v) is 12.8. The molecular formula is C28H23Cl3F4N4O. The second-order valence-corrected chi connectivity index (χ2v) is 9.99. The van der Waals surface area contributed by atoms with Crippen molar-refractivity contribution >= 4 is 58.6 Å². The molecule has 0 aliphatic carbocycles. The number of carbonyl (C=O) groups excluding carboxylic acids is 1. The molecule has 0 unspecified atom stereocenters. The van der Waals surface area contributed by atoms with Gasteiger partial charge in [-0.25, -0.2) is 14.2 Å². The van der Waals surface area contributed by atoms with Crippen LogP contribution in [0.25, 0.3) is 17.0 Å². The topological polar surface area (TPSA) is 50.2 Å². The summed E-state index contributed by atoms with van der Waals surface area (Å²) in [6.07, 6.45) is 1.19. The summed E-state index contributed by atoms with van der Waals surface area (Å²) < 4.78 is 55.4. The Morgan fingerprint density at radius 2 is 1.90 bits per heavy atom. The third-order valence-electron chi connectivity index (χ3n) is 6.61. The van der Waals surface area contributed by atoms with Crippen molar-refractivity contribution in [1.29, 1.82) is 0 Å². The first kappa shape index (κ1) is 29.9. The second-order valence-electron chi connectivity index (χ2n) is 9.20. The van der Waals surface area contributed by atoms with Gasteiger partial charge in [0.2, 0.25) is 0 Å². The SMILES string of the molecule is Cl.O=C(NCc1ccnc(Cl)c1)n1c2c(c3ccc(C(F)(F)F)cc31)CN(C/C=C/c1ccc(F)c(Cl)c1)CC2. The second kappa shape index (κ2) is 12.2. The Morgan fingerprint density at radius 1 is 1.10 bits per heavy atom. The van der Waals surface area contributed by atoms with Gasteiger partial charge in [0.05, 0.1) is 16.1 Å². The van der Waals surface area contributed by atoms with Gasteiger partial charge in [-0.3, -0.25) is 9.47 Å². The lowest BCUT2D eigenvalue weighted by atomic mass is 10.0. The fraction of sp³-hybridized carbons (Fsp3) is 0.214. The van der Waals surface area contributed by atoms with Crippen LogP contribution in [-0.2, 0) is 25.7 Å². The minimum Gasteiger partial charge on any atom is -0.333 e. The number of fused-ring (bicyclic) bond motifs is 3.